The van der Waals surface area contributed by atoms with Gasteiger partial charge in [0, 0.05) is 42.0 Å². The summed E-state index contributed by atoms with van der Waals surface area (Å²) in [5, 5.41) is 23.2. The first kappa shape index (κ1) is 21.9. The molecule has 0 radical (unpaired) electrons. The molecule has 4 saturated carbocycles. The third kappa shape index (κ3) is 2.25. The first-order valence-electron chi connectivity index (χ1n) is 13.6. The Bertz CT molecular complexity index is 1060. The quantitative estimate of drug-likeness (QED) is 0.687. The number of hydrogen-bond acceptors (Lipinski definition) is 5. The van der Waals surface area contributed by atoms with Crippen LogP contribution in [0.1, 0.15) is 77.3 Å². The van der Waals surface area contributed by atoms with Crippen molar-refractivity contribution in [3.63, 3.8) is 0 Å². The molecule has 0 amide bonds. The fourth-order valence-electron chi connectivity index (χ4n) is 9.58. The van der Waals surface area contributed by atoms with E-state index < -0.39 is 11.2 Å². The normalized spacial score (nSPS) is 43.9. The van der Waals surface area contributed by atoms with E-state index in [-0.39, 0.29) is 34.0 Å². The molecule has 1 aromatic rings. The molecule has 2 N–H and O–H groups in total. The number of rotatable bonds is 4. The summed E-state index contributed by atoms with van der Waals surface area (Å²) < 4.78 is 13.5. The van der Waals surface area contributed by atoms with Crippen LogP contribution >= 0.6 is 0 Å². The van der Waals surface area contributed by atoms with Crippen LogP contribution in [0.25, 0.3) is 0 Å². The maximum atomic E-state index is 12.2. The lowest BCUT2D eigenvalue weighted by atomic mass is 9.33. The van der Waals surface area contributed by atoms with Crippen molar-refractivity contribution in [1.29, 1.82) is 0 Å². The molecule has 186 valence electrons. The Hall–Kier alpha value is -1.30. The Morgan fingerprint density at radius 1 is 1.15 bits per heavy atom. The second-order valence-corrected chi connectivity index (χ2v) is 13.8. The maximum absolute atomic E-state index is 12.2. The molecule has 5 heteroatoms. The standard InChI is InChI=1S/C29H41NO4/c1-25(2,3)26(4,32)20-15-27-10-11-29(20,33-5)24-28(27)12-13-30(16-17-6-7-17)21(27)14-18-8-9-19(31)23(34-24)22(18)28/h8-9,17,20-21,24,31-32H,6-7,10-16H2,1-5H3/t20?,21-,24?,26?,27-,28+,29-/m1/s1. The topological polar surface area (TPSA) is 62.2 Å². The number of aliphatic hydroxyl groups is 1. The van der Waals surface area contributed by atoms with E-state index in [1.807, 2.05) is 20.1 Å². The van der Waals surface area contributed by atoms with E-state index in [1.54, 1.807) is 0 Å². The summed E-state index contributed by atoms with van der Waals surface area (Å²) in [5.74, 6) is 1.80. The van der Waals surface area contributed by atoms with Gasteiger partial charge >= 0.3 is 0 Å². The predicted octanol–water partition coefficient (Wildman–Crippen LogP) is 4.41. The van der Waals surface area contributed by atoms with Gasteiger partial charge in [-0.05, 0) is 81.4 Å². The first-order chi connectivity index (χ1) is 16.0. The van der Waals surface area contributed by atoms with E-state index in [1.165, 1.54) is 30.5 Å². The molecule has 3 unspecified atom stereocenters. The number of benzene rings is 1. The van der Waals surface area contributed by atoms with Crippen molar-refractivity contribution >= 4 is 0 Å². The minimum Gasteiger partial charge on any atom is -0.504 e. The SMILES string of the molecule is CO[C@]12CC[C@@]3(CC1C(C)(O)C(C)(C)C)[C@H]1Cc4ccc(O)c5c4[C@@]3(CCN1CC1CC1)C2O5. The van der Waals surface area contributed by atoms with E-state index >= 15 is 0 Å². The highest BCUT2D eigenvalue weighted by Crippen LogP contribution is 2.78. The lowest BCUT2D eigenvalue weighted by Gasteiger charge is -2.75. The molecule has 5 aliphatic carbocycles. The third-order valence-corrected chi connectivity index (χ3v) is 11.9. The highest BCUT2D eigenvalue weighted by Gasteiger charge is 2.82. The second kappa shape index (κ2) is 6.33. The predicted molar refractivity (Wildman–Crippen MR) is 130 cm³/mol. The highest BCUT2D eigenvalue weighted by atomic mass is 16.6. The van der Waals surface area contributed by atoms with Crippen LogP contribution in [-0.2, 0) is 16.6 Å². The number of aromatic hydroxyl groups is 1. The smallest absolute Gasteiger partial charge is 0.165 e. The molecule has 5 nitrogen and oxygen atoms in total. The van der Waals surface area contributed by atoms with Gasteiger partial charge in [0.2, 0.25) is 0 Å². The van der Waals surface area contributed by atoms with Crippen LogP contribution in [0.4, 0.5) is 0 Å². The Labute approximate surface area is 203 Å². The van der Waals surface area contributed by atoms with Gasteiger partial charge in [0.25, 0.3) is 0 Å². The molecule has 8 rings (SSSR count). The Kier molecular flexibility index (Phi) is 4.08. The fraction of sp³-hybridized carbons (Fsp3) is 0.793. The summed E-state index contributed by atoms with van der Waals surface area (Å²) in [6.07, 6.45) is 7.64. The number of piperidine rings is 1. The monoisotopic (exact) mass is 467 g/mol. The van der Waals surface area contributed by atoms with Crippen molar-refractivity contribution in [3.8, 4) is 11.5 Å². The average Bonchev–Trinajstić information content (AvgIpc) is 3.53. The van der Waals surface area contributed by atoms with Gasteiger partial charge < -0.3 is 19.7 Å². The summed E-state index contributed by atoms with van der Waals surface area (Å²) >= 11 is 0. The molecule has 34 heavy (non-hydrogen) atoms. The van der Waals surface area contributed by atoms with Gasteiger partial charge in [-0.3, -0.25) is 4.90 Å². The Balaban J connectivity index is 1.47. The average molecular weight is 468 g/mol. The van der Waals surface area contributed by atoms with Gasteiger partial charge in [0.1, 0.15) is 11.7 Å². The zero-order valence-electron chi connectivity index (χ0n) is 21.5. The number of hydrogen-bond donors (Lipinski definition) is 2. The molecule has 4 bridgehead atoms. The van der Waals surface area contributed by atoms with Crippen molar-refractivity contribution in [2.24, 2.45) is 22.7 Å². The van der Waals surface area contributed by atoms with Gasteiger partial charge in [-0.15, -0.1) is 0 Å². The van der Waals surface area contributed by atoms with Crippen LogP contribution in [0.5, 0.6) is 11.5 Å². The van der Waals surface area contributed by atoms with E-state index in [0.717, 1.165) is 44.6 Å². The summed E-state index contributed by atoms with van der Waals surface area (Å²) in [4.78, 5) is 2.82. The van der Waals surface area contributed by atoms with Gasteiger partial charge in [0.15, 0.2) is 11.5 Å². The van der Waals surface area contributed by atoms with Gasteiger partial charge in [0.05, 0.1) is 5.60 Å². The zero-order chi connectivity index (χ0) is 23.9. The summed E-state index contributed by atoms with van der Waals surface area (Å²) in [6, 6.07) is 4.46. The summed E-state index contributed by atoms with van der Waals surface area (Å²) in [7, 11) is 1.83. The molecule has 1 aromatic carbocycles. The number of methoxy groups -OCH3 is 1. The van der Waals surface area contributed by atoms with Gasteiger partial charge in [-0.2, -0.15) is 0 Å². The number of phenolic OH excluding ortho intramolecular Hbond substituents is 1. The van der Waals surface area contributed by atoms with Crippen molar-refractivity contribution in [2.75, 3.05) is 20.2 Å². The van der Waals surface area contributed by atoms with E-state index in [2.05, 4.69) is 31.7 Å². The third-order valence-electron chi connectivity index (χ3n) is 11.9. The van der Waals surface area contributed by atoms with Crippen molar-refractivity contribution < 1.29 is 19.7 Å². The molecule has 7 atom stereocenters. The van der Waals surface area contributed by atoms with Crippen molar-refractivity contribution in [3.05, 3.63) is 23.3 Å². The van der Waals surface area contributed by atoms with Crippen LogP contribution in [0, 0.1) is 22.7 Å². The van der Waals surface area contributed by atoms with E-state index in [4.69, 9.17) is 9.47 Å². The number of fused-ring (bicyclic) bond motifs is 2. The van der Waals surface area contributed by atoms with Crippen LogP contribution in [0.3, 0.4) is 0 Å². The largest absolute Gasteiger partial charge is 0.504 e. The van der Waals surface area contributed by atoms with E-state index in [0.29, 0.717) is 11.8 Å². The maximum Gasteiger partial charge on any atom is 0.165 e. The molecule has 2 spiro atoms. The Morgan fingerprint density at radius 2 is 1.91 bits per heavy atom. The molecule has 1 saturated heterocycles. The number of likely N-dealkylation sites (tertiary alicyclic amines) is 1. The van der Waals surface area contributed by atoms with Crippen LogP contribution in [0.15, 0.2) is 12.1 Å². The first-order valence-corrected chi connectivity index (χ1v) is 13.6. The molecule has 0 aromatic heterocycles. The summed E-state index contributed by atoms with van der Waals surface area (Å²) in [5.41, 5.74) is 0.783. The molecular formula is C29H41NO4. The zero-order valence-corrected chi connectivity index (χ0v) is 21.5. The fourth-order valence-corrected chi connectivity index (χ4v) is 9.58. The minimum atomic E-state index is -0.909. The van der Waals surface area contributed by atoms with Crippen LogP contribution < -0.4 is 4.74 Å². The highest BCUT2D eigenvalue weighted by molar-refractivity contribution is 5.63. The molecule has 7 aliphatic rings. The van der Waals surface area contributed by atoms with Crippen molar-refractivity contribution in [2.45, 2.75) is 101 Å². The minimum absolute atomic E-state index is 0.0294. The number of ether oxygens (including phenoxy) is 2. The second-order valence-electron chi connectivity index (χ2n) is 13.8. The molecule has 2 aliphatic heterocycles. The van der Waals surface area contributed by atoms with Crippen molar-refractivity contribution in [1.82, 2.24) is 4.90 Å². The van der Waals surface area contributed by atoms with Crippen LogP contribution in [0.2, 0.25) is 0 Å². The molecule has 5 fully saturated rings. The number of phenols is 1. The lowest BCUT2D eigenvalue weighted by Crippen LogP contribution is -2.83. The Morgan fingerprint density at radius 3 is 2.59 bits per heavy atom. The van der Waals surface area contributed by atoms with E-state index in [9.17, 15) is 10.2 Å². The lowest BCUT2D eigenvalue weighted by molar-refractivity contribution is -0.312. The van der Waals surface area contributed by atoms with Gasteiger partial charge in [-0.1, -0.05) is 26.8 Å². The molecular weight excluding hydrogens is 426 g/mol. The van der Waals surface area contributed by atoms with Crippen LogP contribution in [-0.4, -0.2) is 58.7 Å². The summed E-state index contributed by atoms with van der Waals surface area (Å²) in [6.45, 7) is 10.8. The van der Waals surface area contributed by atoms with Gasteiger partial charge in [-0.25, -0.2) is 0 Å². The molecule has 2 heterocycles. The number of nitrogens with zero attached hydrogens (tertiary/aromatic N) is 1.